The van der Waals surface area contributed by atoms with Crippen LogP contribution in [0.2, 0.25) is 0 Å². The van der Waals surface area contributed by atoms with Gasteiger partial charge in [0, 0.05) is 12.4 Å². The first-order chi connectivity index (χ1) is 10.5. The molecule has 3 unspecified atom stereocenters. The van der Waals surface area contributed by atoms with Crippen LogP contribution in [0.15, 0.2) is 36.7 Å². The largest absolute Gasteiger partial charge is 0.481 e. The average molecular weight is 300 g/mol. The minimum Gasteiger partial charge on any atom is -0.481 e. The SMILES string of the molecule is CC(c1ccncc1)N1C[C@]23C=C[C@H](O2)C(C(=O)O)C3C1=O. The Morgan fingerprint density at radius 3 is 2.91 bits per heavy atom. The molecule has 3 aliphatic rings. The van der Waals surface area contributed by atoms with Gasteiger partial charge in [0.2, 0.25) is 5.91 Å². The summed E-state index contributed by atoms with van der Waals surface area (Å²) >= 11 is 0. The zero-order valence-corrected chi connectivity index (χ0v) is 12.0. The van der Waals surface area contributed by atoms with Crippen molar-refractivity contribution in [1.29, 1.82) is 0 Å². The minimum atomic E-state index is -0.965. The molecule has 1 aromatic rings. The smallest absolute Gasteiger partial charge is 0.310 e. The predicted molar refractivity (Wildman–Crippen MR) is 75.7 cm³/mol. The van der Waals surface area contributed by atoms with Crippen molar-refractivity contribution in [3.63, 3.8) is 0 Å². The van der Waals surface area contributed by atoms with E-state index >= 15 is 0 Å². The van der Waals surface area contributed by atoms with Gasteiger partial charge in [-0.25, -0.2) is 0 Å². The number of nitrogens with zero attached hydrogens (tertiary/aromatic N) is 2. The number of carboxylic acid groups (broad SMARTS) is 1. The Morgan fingerprint density at radius 1 is 1.50 bits per heavy atom. The number of carboxylic acids is 1. The van der Waals surface area contributed by atoms with Gasteiger partial charge < -0.3 is 14.7 Å². The lowest BCUT2D eigenvalue weighted by molar-refractivity contribution is -0.148. The van der Waals surface area contributed by atoms with Crippen molar-refractivity contribution < 1.29 is 19.4 Å². The van der Waals surface area contributed by atoms with Gasteiger partial charge in [-0.15, -0.1) is 0 Å². The van der Waals surface area contributed by atoms with Crippen molar-refractivity contribution >= 4 is 11.9 Å². The molecule has 1 spiro atoms. The summed E-state index contributed by atoms with van der Waals surface area (Å²) in [5, 5.41) is 9.45. The summed E-state index contributed by atoms with van der Waals surface area (Å²) in [5.41, 5.74) is 0.205. The van der Waals surface area contributed by atoms with Crippen LogP contribution in [0.5, 0.6) is 0 Å². The van der Waals surface area contributed by atoms with E-state index in [1.807, 2.05) is 25.1 Å². The molecule has 1 N–H and O–H groups in total. The number of carbonyl (C=O) groups is 2. The third-order valence-electron chi connectivity index (χ3n) is 5.07. The van der Waals surface area contributed by atoms with E-state index < -0.39 is 29.5 Å². The highest BCUT2D eigenvalue weighted by Crippen LogP contribution is 2.53. The first kappa shape index (κ1) is 13.5. The molecule has 0 radical (unpaired) electrons. The molecule has 0 saturated carbocycles. The molecule has 0 aromatic carbocycles. The zero-order valence-electron chi connectivity index (χ0n) is 12.0. The molecule has 5 atom stereocenters. The van der Waals surface area contributed by atoms with Crippen molar-refractivity contribution in [1.82, 2.24) is 9.88 Å². The van der Waals surface area contributed by atoms with Crippen molar-refractivity contribution in [2.45, 2.75) is 24.7 Å². The molecular formula is C16H16N2O4. The summed E-state index contributed by atoms with van der Waals surface area (Å²) in [5.74, 6) is -2.51. The number of pyridine rings is 1. The average Bonchev–Trinajstić information content (AvgIpc) is 3.15. The fraction of sp³-hybridized carbons (Fsp3) is 0.438. The molecule has 6 heteroatoms. The predicted octanol–water partition coefficient (Wildman–Crippen LogP) is 1.01. The Hall–Kier alpha value is -2.21. The molecular weight excluding hydrogens is 284 g/mol. The van der Waals surface area contributed by atoms with Crippen molar-refractivity contribution in [2.24, 2.45) is 11.8 Å². The molecule has 0 aliphatic carbocycles. The van der Waals surface area contributed by atoms with Crippen molar-refractivity contribution in [3.8, 4) is 0 Å². The third kappa shape index (κ3) is 1.61. The molecule has 2 bridgehead atoms. The minimum absolute atomic E-state index is 0.136. The maximum absolute atomic E-state index is 12.8. The Kier molecular flexibility index (Phi) is 2.69. The van der Waals surface area contributed by atoms with Crippen LogP contribution in [0, 0.1) is 11.8 Å². The Balaban J connectivity index is 1.68. The van der Waals surface area contributed by atoms with Gasteiger partial charge in [-0.3, -0.25) is 14.6 Å². The number of carbonyl (C=O) groups excluding carboxylic acids is 1. The highest BCUT2D eigenvalue weighted by Gasteiger charge is 2.67. The standard InChI is InChI=1S/C16H16N2O4/c1-9(10-3-6-17-7-4-10)18-8-16-5-2-11(22-16)12(15(20)21)13(16)14(18)19/h2-7,9,11-13H,8H2,1H3,(H,20,21)/t9?,11-,12?,13?,16-/m0/s1. The number of likely N-dealkylation sites (tertiary alicyclic amines) is 1. The Bertz CT molecular complexity index is 674. The molecule has 4 rings (SSSR count). The third-order valence-corrected chi connectivity index (χ3v) is 5.07. The summed E-state index contributed by atoms with van der Waals surface area (Å²) in [4.78, 5) is 30.1. The number of rotatable bonds is 3. The molecule has 6 nitrogen and oxygen atoms in total. The van der Waals surface area contributed by atoms with Crippen LogP contribution in [0.1, 0.15) is 18.5 Å². The summed E-state index contributed by atoms with van der Waals surface area (Å²) in [7, 11) is 0. The molecule has 1 aromatic heterocycles. The normalized spacial score (nSPS) is 36.7. The summed E-state index contributed by atoms with van der Waals surface area (Å²) in [6.45, 7) is 2.34. The highest BCUT2D eigenvalue weighted by molar-refractivity contribution is 5.91. The highest BCUT2D eigenvalue weighted by atomic mass is 16.5. The van der Waals surface area contributed by atoms with Gasteiger partial charge in [0.1, 0.15) is 11.5 Å². The molecule has 1 amide bonds. The van der Waals surface area contributed by atoms with Crippen molar-refractivity contribution in [3.05, 3.63) is 42.2 Å². The lowest BCUT2D eigenvalue weighted by atomic mass is 9.77. The number of amides is 1. The summed E-state index contributed by atoms with van der Waals surface area (Å²) in [6, 6.07) is 3.60. The van der Waals surface area contributed by atoms with Gasteiger partial charge >= 0.3 is 5.97 Å². The monoisotopic (exact) mass is 300 g/mol. The summed E-state index contributed by atoms with van der Waals surface area (Å²) < 4.78 is 5.88. The maximum Gasteiger partial charge on any atom is 0.310 e. The van der Waals surface area contributed by atoms with E-state index in [0.29, 0.717) is 6.54 Å². The van der Waals surface area contributed by atoms with E-state index in [0.717, 1.165) is 5.56 Å². The van der Waals surface area contributed by atoms with E-state index in [-0.39, 0.29) is 11.9 Å². The Labute approximate surface area is 127 Å². The van der Waals surface area contributed by atoms with E-state index in [1.165, 1.54) is 0 Å². The maximum atomic E-state index is 12.8. The second-order valence-corrected chi connectivity index (χ2v) is 6.16. The fourth-order valence-corrected chi connectivity index (χ4v) is 3.96. The number of ether oxygens (including phenoxy) is 1. The Morgan fingerprint density at radius 2 is 2.23 bits per heavy atom. The lowest BCUT2D eigenvalue weighted by Gasteiger charge is -2.27. The van der Waals surface area contributed by atoms with Crippen LogP contribution in [-0.2, 0) is 14.3 Å². The molecule has 114 valence electrons. The molecule has 2 fully saturated rings. The van der Waals surface area contributed by atoms with Gasteiger partial charge in [0.15, 0.2) is 0 Å². The van der Waals surface area contributed by atoms with Crippen LogP contribution in [0.25, 0.3) is 0 Å². The topological polar surface area (TPSA) is 79.7 Å². The first-order valence-electron chi connectivity index (χ1n) is 7.34. The van der Waals surface area contributed by atoms with Gasteiger partial charge in [-0.05, 0) is 24.6 Å². The lowest BCUT2D eigenvalue weighted by Crippen LogP contribution is -2.39. The number of hydrogen-bond acceptors (Lipinski definition) is 4. The van der Waals surface area contributed by atoms with Crippen LogP contribution in [0.3, 0.4) is 0 Å². The van der Waals surface area contributed by atoms with Gasteiger partial charge in [0.05, 0.1) is 24.6 Å². The van der Waals surface area contributed by atoms with E-state index in [2.05, 4.69) is 4.98 Å². The molecule has 2 saturated heterocycles. The quantitative estimate of drug-likeness (QED) is 0.843. The zero-order chi connectivity index (χ0) is 15.5. The number of aromatic nitrogens is 1. The summed E-state index contributed by atoms with van der Waals surface area (Å²) in [6.07, 6.45) is 6.55. The number of aliphatic carboxylic acids is 1. The van der Waals surface area contributed by atoms with Gasteiger partial charge in [-0.2, -0.15) is 0 Å². The van der Waals surface area contributed by atoms with Crippen LogP contribution >= 0.6 is 0 Å². The van der Waals surface area contributed by atoms with Gasteiger partial charge in [-0.1, -0.05) is 12.2 Å². The molecule has 3 aliphatic heterocycles. The van der Waals surface area contributed by atoms with Crippen LogP contribution < -0.4 is 0 Å². The first-order valence-corrected chi connectivity index (χ1v) is 7.34. The molecule has 4 heterocycles. The molecule has 22 heavy (non-hydrogen) atoms. The fourth-order valence-electron chi connectivity index (χ4n) is 3.96. The van der Waals surface area contributed by atoms with Gasteiger partial charge in [0.25, 0.3) is 0 Å². The van der Waals surface area contributed by atoms with E-state index in [1.54, 1.807) is 23.4 Å². The number of fused-ring (bicyclic) bond motifs is 1. The van der Waals surface area contributed by atoms with Crippen LogP contribution in [-0.4, -0.2) is 45.1 Å². The van der Waals surface area contributed by atoms with Crippen molar-refractivity contribution in [2.75, 3.05) is 6.54 Å². The van der Waals surface area contributed by atoms with E-state index in [9.17, 15) is 14.7 Å². The second kappa shape index (κ2) is 4.39. The van der Waals surface area contributed by atoms with E-state index in [4.69, 9.17) is 4.74 Å². The second-order valence-electron chi connectivity index (χ2n) is 6.16. The van der Waals surface area contributed by atoms with Crippen LogP contribution in [0.4, 0.5) is 0 Å². The number of hydrogen-bond donors (Lipinski definition) is 1.